The fourth-order valence-electron chi connectivity index (χ4n) is 1.33. The van der Waals surface area contributed by atoms with E-state index in [4.69, 9.17) is 5.73 Å². The van der Waals surface area contributed by atoms with Gasteiger partial charge in [0.2, 0.25) is 0 Å². The summed E-state index contributed by atoms with van der Waals surface area (Å²) >= 11 is 1.44. The SMILES string of the molecule is Bc1cnc2c(SC)nc(C(N)=O)cn12. The number of rotatable bonds is 2. The van der Waals surface area contributed by atoms with Crippen LogP contribution in [0.2, 0.25) is 0 Å². The van der Waals surface area contributed by atoms with Crippen LogP contribution in [-0.2, 0) is 0 Å². The topological polar surface area (TPSA) is 73.3 Å². The second-order valence-corrected chi connectivity index (χ2v) is 3.89. The van der Waals surface area contributed by atoms with E-state index in [1.807, 2.05) is 18.5 Å². The molecule has 0 radical (unpaired) electrons. The molecule has 0 aliphatic heterocycles. The number of hydrogen-bond donors (Lipinski definition) is 1. The minimum atomic E-state index is -0.528. The first kappa shape index (κ1) is 10.0. The molecule has 0 spiro atoms. The lowest BCUT2D eigenvalue weighted by atomic mass is 10.1. The normalized spacial score (nSPS) is 10.7. The van der Waals surface area contributed by atoms with Gasteiger partial charge >= 0.3 is 0 Å². The smallest absolute Gasteiger partial charge is 0.268 e. The van der Waals surface area contributed by atoms with E-state index in [2.05, 4.69) is 9.97 Å². The number of fused-ring (bicyclic) bond motifs is 1. The van der Waals surface area contributed by atoms with Crippen molar-refractivity contribution < 1.29 is 4.79 Å². The van der Waals surface area contributed by atoms with Crippen molar-refractivity contribution in [2.45, 2.75) is 5.03 Å². The van der Waals surface area contributed by atoms with Gasteiger partial charge in [-0.3, -0.25) is 4.79 Å². The lowest BCUT2D eigenvalue weighted by Gasteiger charge is -2.03. The predicted octanol–water partition coefficient (Wildman–Crippen LogP) is -1.19. The van der Waals surface area contributed by atoms with E-state index in [0.29, 0.717) is 5.03 Å². The Balaban J connectivity index is 2.79. The fourth-order valence-corrected chi connectivity index (χ4v) is 1.86. The van der Waals surface area contributed by atoms with Crippen molar-refractivity contribution >= 4 is 36.8 Å². The maximum Gasteiger partial charge on any atom is 0.268 e. The van der Waals surface area contributed by atoms with Gasteiger partial charge in [0.25, 0.3) is 5.91 Å². The number of aromatic nitrogens is 3. The molecule has 0 atom stereocenters. The third-order valence-corrected chi connectivity index (χ3v) is 2.75. The van der Waals surface area contributed by atoms with Crippen LogP contribution >= 0.6 is 11.8 Å². The lowest BCUT2D eigenvalue weighted by Crippen LogP contribution is -2.17. The zero-order chi connectivity index (χ0) is 11.0. The van der Waals surface area contributed by atoms with Crippen LogP contribution in [-0.4, -0.2) is 34.4 Å². The van der Waals surface area contributed by atoms with Gasteiger partial charge in [-0.05, 0) is 11.8 Å². The Kier molecular flexibility index (Phi) is 2.40. The highest BCUT2D eigenvalue weighted by atomic mass is 32.2. The van der Waals surface area contributed by atoms with Crippen molar-refractivity contribution in [1.82, 2.24) is 14.4 Å². The van der Waals surface area contributed by atoms with Gasteiger partial charge in [-0.2, -0.15) is 0 Å². The average Bonchev–Trinajstić information content (AvgIpc) is 2.59. The van der Waals surface area contributed by atoms with Gasteiger partial charge in [0.05, 0.1) is 0 Å². The highest BCUT2D eigenvalue weighted by Crippen LogP contribution is 2.16. The summed E-state index contributed by atoms with van der Waals surface area (Å²) < 4.78 is 1.82. The van der Waals surface area contributed by atoms with Crippen LogP contribution in [0.3, 0.4) is 0 Å². The molecule has 7 heteroatoms. The lowest BCUT2D eigenvalue weighted by molar-refractivity contribution is 0.0994. The fraction of sp³-hybridized carbons (Fsp3) is 0.125. The van der Waals surface area contributed by atoms with Crippen LogP contribution in [0, 0.1) is 0 Å². The van der Waals surface area contributed by atoms with Crippen molar-refractivity contribution in [3.05, 3.63) is 18.1 Å². The van der Waals surface area contributed by atoms with Crippen LogP contribution in [0.4, 0.5) is 0 Å². The maximum atomic E-state index is 11.1. The minimum absolute atomic E-state index is 0.257. The molecule has 15 heavy (non-hydrogen) atoms. The number of hydrogen-bond acceptors (Lipinski definition) is 4. The number of thioether (sulfide) groups is 1. The molecule has 76 valence electrons. The molecule has 2 N–H and O–H groups in total. The third-order valence-electron chi connectivity index (χ3n) is 2.09. The summed E-state index contributed by atoms with van der Waals surface area (Å²) in [6.07, 6.45) is 5.23. The molecule has 0 bridgehead atoms. The molecule has 0 aliphatic carbocycles. The largest absolute Gasteiger partial charge is 0.364 e. The highest BCUT2D eigenvalue weighted by molar-refractivity contribution is 7.98. The van der Waals surface area contributed by atoms with Crippen molar-refractivity contribution in [2.24, 2.45) is 5.73 Å². The molecule has 2 rings (SSSR count). The number of imidazole rings is 1. The molecule has 0 fully saturated rings. The zero-order valence-electron chi connectivity index (χ0n) is 8.39. The quantitative estimate of drug-likeness (QED) is 0.510. The van der Waals surface area contributed by atoms with Crippen LogP contribution in [0.15, 0.2) is 17.4 Å². The first-order valence-electron chi connectivity index (χ1n) is 4.32. The molecule has 1 amide bonds. The van der Waals surface area contributed by atoms with Gasteiger partial charge < -0.3 is 10.1 Å². The molecule has 0 aliphatic rings. The van der Waals surface area contributed by atoms with Crippen LogP contribution in [0.25, 0.3) is 5.65 Å². The summed E-state index contributed by atoms with van der Waals surface area (Å²) in [5.74, 6) is -0.528. The van der Waals surface area contributed by atoms with Gasteiger partial charge in [0, 0.05) is 12.4 Å². The molecule has 0 saturated heterocycles. The Morgan fingerprint density at radius 3 is 3.00 bits per heavy atom. The van der Waals surface area contributed by atoms with E-state index in [-0.39, 0.29) is 5.69 Å². The van der Waals surface area contributed by atoms with Gasteiger partial charge in [-0.25, -0.2) is 9.97 Å². The van der Waals surface area contributed by atoms with Crippen LogP contribution < -0.4 is 11.3 Å². The predicted molar refractivity (Wildman–Crippen MR) is 61.5 cm³/mol. The van der Waals surface area contributed by atoms with Gasteiger partial charge in [-0.15, -0.1) is 11.8 Å². The van der Waals surface area contributed by atoms with Crippen molar-refractivity contribution in [2.75, 3.05) is 6.26 Å². The molecular weight excluding hydrogens is 211 g/mol. The Labute approximate surface area is 91.5 Å². The molecular formula is C8H9BN4OS. The van der Waals surface area contributed by atoms with Gasteiger partial charge in [0.1, 0.15) is 10.7 Å². The summed E-state index contributed by atoms with van der Waals surface area (Å²) in [6, 6.07) is 0. The minimum Gasteiger partial charge on any atom is -0.364 e. The van der Waals surface area contributed by atoms with Crippen LogP contribution in [0.1, 0.15) is 10.5 Å². The maximum absolute atomic E-state index is 11.1. The summed E-state index contributed by atoms with van der Waals surface area (Å²) in [7, 11) is 1.91. The van der Waals surface area contributed by atoms with E-state index in [0.717, 1.165) is 11.2 Å². The Hall–Kier alpha value is -1.50. The standard InChI is InChI=1S/C8H9BN4OS/c1-15-8-7-11-2-5(9)13(7)3-4(12-8)6(10)14/h2-3H,9H2,1H3,(H2,10,14). The monoisotopic (exact) mass is 220 g/mol. The molecule has 0 unspecified atom stereocenters. The second kappa shape index (κ2) is 3.58. The van der Waals surface area contributed by atoms with E-state index in [1.54, 1.807) is 12.4 Å². The molecule has 0 aromatic carbocycles. The number of amides is 1. The molecule has 5 nitrogen and oxygen atoms in total. The number of carbonyl (C=O) groups is 1. The summed E-state index contributed by atoms with van der Waals surface area (Å²) in [6.45, 7) is 0. The first-order chi connectivity index (χ1) is 7.13. The Morgan fingerprint density at radius 1 is 1.67 bits per heavy atom. The third kappa shape index (κ3) is 1.59. The first-order valence-corrected chi connectivity index (χ1v) is 5.54. The Bertz CT molecular complexity index is 539. The number of nitrogens with two attached hydrogens (primary N) is 1. The highest BCUT2D eigenvalue weighted by Gasteiger charge is 2.11. The van der Waals surface area contributed by atoms with E-state index in [9.17, 15) is 4.79 Å². The molecule has 2 aromatic rings. The van der Waals surface area contributed by atoms with E-state index >= 15 is 0 Å². The molecule has 2 heterocycles. The van der Waals surface area contributed by atoms with Crippen molar-refractivity contribution in [1.29, 1.82) is 0 Å². The van der Waals surface area contributed by atoms with Gasteiger partial charge in [-0.1, -0.05) is 0 Å². The summed E-state index contributed by atoms with van der Waals surface area (Å²) in [4.78, 5) is 19.4. The summed E-state index contributed by atoms with van der Waals surface area (Å²) in [5, 5.41) is 0.708. The van der Waals surface area contributed by atoms with Crippen molar-refractivity contribution in [3.8, 4) is 0 Å². The number of carbonyl (C=O) groups excluding carboxylic acids is 1. The van der Waals surface area contributed by atoms with Gasteiger partial charge in [0.15, 0.2) is 13.5 Å². The molecule has 2 aromatic heterocycles. The van der Waals surface area contributed by atoms with Crippen LogP contribution in [0.5, 0.6) is 0 Å². The molecule has 0 saturated carbocycles. The number of nitrogens with zero attached hydrogens (tertiary/aromatic N) is 3. The van der Waals surface area contributed by atoms with Crippen molar-refractivity contribution in [3.63, 3.8) is 0 Å². The number of primary amides is 1. The van der Waals surface area contributed by atoms with E-state index in [1.165, 1.54) is 11.8 Å². The summed E-state index contributed by atoms with van der Waals surface area (Å²) in [5.41, 5.74) is 7.16. The Morgan fingerprint density at radius 2 is 2.40 bits per heavy atom. The average molecular weight is 220 g/mol. The zero-order valence-corrected chi connectivity index (χ0v) is 9.21. The second-order valence-electron chi connectivity index (χ2n) is 3.09. The van der Waals surface area contributed by atoms with E-state index < -0.39 is 5.91 Å².